The summed E-state index contributed by atoms with van der Waals surface area (Å²) in [7, 11) is 1.50. The maximum atomic E-state index is 13.5. The van der Waals surface area contributed by atoms with Crippen molar-refractivity contribution in [2.75, 3.05) is 7.05 Å². The number of hydrogen-bond donors (Lipinski definition) is 2. The molecule has 2 aliphatic rings. The van der Waals surface area contributed by atoms with Gasteiger partial charge in [-0.3, -0.25) is 14.4 Å². The Labute approximate surface area is 252 Å². The third-order valence-electron chi connectivity index (χ3n) is 7.04. The van der Waals surface area contributed by atoms with Crippen LogP contribution in [0.4, 0.5) is 0 Å². The van der Waals surface area contributed by atoms with Crippen LogP contribution in [-0.2, 0) is 14.4 Å². The lowest BCUT2D eigenvalue weighted by molar-refractivity contribution is -0.130. The molecular weight excluding hydrogens is 551 g/mol. The Morgan fingerprint density at radius 1 is 1.15 bits per heavy atom. The van der Waals surface area contributed by atoms with Crippen LogP contribution in [0.5, 0.6) is 0 Å². The minimum absolute atomic E-state index is 0.0933. The third-order valence-corrected chi connectivity index (χ3v) is 9.68. The molecule has 1 aromatic carbocycles. The summed E-state index contributed by atoms with van der Waals surface area (Å²) in [6.45, 7) is 5.72. The van der Waals surface area contributed by atoms with E-state index in [2.05, 4.69) is 36.4 Å². The summed E-state index contributed by atoms with van der Waals surface area (Å²) < 4.78 is 0. The van der Waals surface area contributed by atoms with Gasteiger partial charge in [-0.15, -0.1) is 23.1 Å². The molecule has 41 heavy (non-hydrogen) atoms. The molecule has 1 saturated heterocycles. The number of thioether (sulfide) groups is 1. The second-order valence-electron chi connectivity index (χ2n) is 9.83. The average Bonchev–Trinajstić information content (AvgIpc) is 3.60. The molecule has 6 nitrogen and oxygen atoms in total. The van der Waals surface area contributed by atoms with Crippen molar-refractivity contribution < 1.29 is 14.4 Å². The molecule has 0 spiro atoms. The van der Waals surface area contributed by atoms with Crippen molar-refractivity contribution in [2.45, 2.75) is 62.1 Å². The molecule has 1 aliphatic heterocycles. The molecule has 0 bridgehead atoms. The first-order valence-corrected chi connectivity index (χ1v) is 15.7. The van der Waals surface area contributed by atoms with Gasteiger partial charge in [-0.05, 0) is 63.1 Å². The number of benzene rings is 1. The fourth-order valence-corrected chi connectivity index (χ4v) is 7.40. The number of amides is 2. The third kappa shape index (κ3) is 9.32. The van der Waals surface area contributed by atoms with Crippen LogP contribution in [0.1, 0.15) is 66.1 Å². The molecule has 0 radical (unpaired) electrons. The number of rotatable bonds is 9. The van der Waals surface area contributed by atoms with Crippen molar-refractivity contribution in [1.29, 1.82) is 0 Å². The Kier molecular flexibility index (Phi) is 13.2. The quantitative estimate of drug-likeness (QED) is 0.163. The molecule has 2 amide bonds. The molecule has 3 unspecified atom stereocenters. The van der Waals surface area contributed by atoms with Gasteiger partial charge in [-0.25, -0.2) is 0 Å². The van der Waals surface area contributed by atoms with E-state index in [1.807, 2.05) is 42.5 Å². The number of hydrogen-bond acceptors (Lipinski definition) is 6. The lowest BCUT2D eigenvalue weighted by atomic mass is 9.84. The second-order valence-corrected chi connectivity index (χ2v) is 12.2. The first-order valence-electron chi connectivity index (χ1n) is 14.0. The Morgan fingerprint density at radius 2 is 1.88 bits per heavy atom. The summed E-state index contributed by atoms with van der Waals surface area (Å²) in [6, 6.07) is 13.8. The molecule has 3 atom stereocenters. The summed E-state index contributed by atoms with van der Waals surface area (Å²) >= 11 is 3.00. The largest absolute Gasteiger partial charge is 0.353 e. The molecule has 4 rings (SSSR count). The van der Waals surface area contributed by atoms with Gasteiger partial charge in [0.05, 0.1) is 10.1 Å². The Morgan fingerprint density at radius 3 is 2.56 bits per heavy atom. The van der Waals surface area contributed by atoms with Crippen molar-refractivity contribution in [3.63, 3.8) is 0 Å². The van der Waals surface area contributed by atoms with Gasteiger partial charge in [0, 0.05) is 34.7 Å². The number of aldehydes is 1. The SMILES string of the molecule is C=C/C=C(C=O)\C=C\N1C(=O)C(CC(=O)NC(C)C2CCCCC2)SC1c1ccc(C#Cc2ccccc2)s1.CN. The topological polar surface area (TPSA) is 92.5 Å². The van der Waals surface area contributed by atoms with E-state index in [1.54, 1.807) is 23.3 Å². The van der Waals surface area contributed by atoms with Crippen molar-refractivity contribution in [3.05, 3.63) is 94.4 Å². The fourth-order valence-electron chi connectivity index (χ4n) is 4.93. The van der Waals surface area contributed by atoms with E-state index in [4.69, 9.17) is 0 Å². The number of nitrogens with two attached hydrogens (primary N) is 1. The second kappa shape index (κ2) is 16.8. The van der Waals surface area contributed by atoms with Gasteiger partial charge < -0.3 is 16.0 Å². The standard InChI is InChI=1S/C32H34N2O3S2.CH5N/c1-3-10-25(22-35)19-20-34-31(37)29(21-30(36)33-23(2)26-13-8-5-9-14-26)39-32(34)28-18-17-27(38-28)16-15-24-11-6-4-7-12-24;1-2/h3-4,6-7,10-12,17-20,22-23,26,29,32H,1,5,8-9,13-14,21H2,2H3,(H,33,36);2H2,1H3/b20-19+,25-10+;. The van der Waals surface area contributed by atoms with Gasteiger partial charge >= 0.3 is 0 Å². The highest BCUT2D eigenvalue weighted by Gasteiger charge is 2.42. The van der Waals surface area contributed by atoms with Crippen molar-refractivity contribution in [3.8, 4) is 11.8 Å². The zero-order valence-corrected chi connectivity index (χ0v) is 25.4. The van der Waals surface area contributed by atoms with Crippen LogP contribution in [0.25, 0.3) is 0 Å². The lowest BCUT2D eigenvalue weighted by Gasteiger charge is -2.28. The summed E-state index contributed by atoms with van der Waals surface area (Å²) in [5.41, 5.74) is 5.84. The molecular formula is C33H39N3O3S2. The number of carbonyl (C=O) groups excluding carboxylic acids is 3. The van der Waals surface area contributed by atoms with Crippen molar-refractivity contribution in [1.82, 2.24) is 10.2 Å². The highest BCUT2D eigenvalue weighted by molar-refractivity contribution is 8.01. The Balaban J connectivity index is 0.00000226. The molecule has 216 valence electrons. The van der Waals surface area contributed by atoms with Gasteiger partial charge in [0.25, 0.3) is 0 Å². The summed E-state index contributed by atoms with van der Waals surface area (Å²) in [5, 5.41) is 2.33. The number of thiophene rings is 1. The van der Waals surface area contributed by atoms with Crippen LogP contribution in [0, 0.1) is 17.8 Å². The predicted molar refractivity (Wildman–Crippen MR) is 170 cm³/mol. The average molecular weight is 590 g/mol. The Bertz CT molecular complexity index is 1300. The van der Waals surface area contributed by atoms with Gasteiger partial charge in [0.15, 0.2) is 0 Å². The minimum Gasteiger partial charge on any atom is -0.353 e. The fraction of sp³-hybridized carbons (Fsp3) is 0.364. The van der Waals surface area contributed by atoms with Crippen LogP contribution in [-0.4, -0.2) is 41.3 Å². The van der Waals surface area contributed by atoms with E-state index in [1.165, 1.54) is 55.5 Å². The zero-order valence-electron chi connectivity index (χ0n) is 23.8. The smallest absolute Gasteiger partial charge is 0.241 e. The normalized spacial score (nSPS) is 20.0. The van der Waals surface area contributed by atoms with Gasteiger partial charge in [0.1, 0.15) is 11.7 Å². The molecule has 1 aromatic heterocycles. The highest BCUT2D eigenvalue weighted by Crippen LogP contribution is 2.46. The molecule has 1 aliphatic carbocycles. The summed E-state index contributed by atoms with van der Waals surface area (Å²) in [4.78, 5) is 41.4. The van der Waals surface area contributed by atoms with E-state index in [-0.39, 0.29) is 29.7 Å². The van der Waals surface area contributed by atoms with E-state index in [0.717, 1.165) is 34.4 Å². The van der Waals surface area contributed by atoms with Gasteiger partial charge in [-0.2, -0.15) is 0 Å². The minimum atomic E-state index is -0.512. The highest BCUT2D eigenvalue weighted by atomic mass is 32.2. The molecule has 3 N–H and O–H groups in total. The summed E-state index contributed by atoms with van der Waals surface area (Å²) in [5.74, 6) is 6.65. The van der Waals surface area contributed by atoms with E-state index in [0.29, 0.717) is 11.5 Å². The van der Waals surface area contributed by atoms with Crippen LogP contribution >= 0.6 is 23.1 Å². The maximum Gasteiger partial charge on any atom is 0.241 e. The monoisotopic (exact) mass is 589 g/mol. The van der Waals surface area contributed by atoms with Crippen LogP contribution in [0.2, 0.25) is 0 Å². The molecule has 1 saturated carbocycles. The zero-order chi connectivity index (χ0) is 29.6. The number of nitrogens with one attached hydrogen (secondary N) is 1. The van der Waals surface area contributed by atoms with Crippen LogP contribution in [0.15, 0.2) is 79.0 Å². The van der Waals surface area contributed by atoms with Crippen LogP contribution in [0.3, 0.4) is 0 Å². The number of nitrogens with zero attached hydrogens (tertiary/aromatic N) is 1. The predicted octanol–water partition coefficient (Wildman–Crippen LogP) is 5.97. The number of carbonyl (C=O) groups is 3. The van der Waals surface area contributed by atoms with E-state index in [9.17, 15) is 14.4 Å². The van der Waals surface area contributed by atoms with E-state index >= 15 is 0 Å². The van der Waals surface area contributed by atoms with Crippen LogP contribution < -0.4 is 11.1 Å². The Hall–Kier alpha value is -3.38. The van der Waals surface area contributed by atoms with Crippen molar-refractivity contribution >= 4 is 41.2 Å². The maximum absolute atomic E-state index is 13.5. The molecule has 2 aromatic rings. The van der Waals surface area contributed by atoms with Gasteiger partial charge in [-0.1, -0.05) is 68.0 Å². The number of allylic oxidation sites excluding steroid dienone is 4. The summed E-state index contributed by atoms with van der Waals surface area (Å²) in [6.07, 6.45) is 13.2. The molecule has 8 heteroatoms. The van der Waals surface area contributed by atoms with Crippen molar-refractivity contribution in [2.24, 2.45) is 11.7 Å². The van der Waals surface area contributed by atoms with E-state index < -0.39 is 5.25 Å². The first-order chi connectivity index (χ1) is 20.0. The lowest BCUT2D eigenvalue weighted by Crippen LogP contribution is -2.40. The van der Waals surface area contributed by atoms with Gasteiger partial charge in [0.2, 0.25) is 11.8 Å². The molecule has 2 fully saturated rings. The molecule has 2 heterocycles. The first kappa shape index (κ1) is 32.1.